The van der Waals surface area contributed by atoms with Gasteiger partial charge in [-0.15, -0.1) is 13.2 Å². The van der Waals surface area contributed by atoms with E-state index in [1.807, 2.05) is 6.07 Å². The van der Waals surface area contributed by atoms with Crippen molar-refractivity contribution < 1.29 is 27.4 Å². The van der Waals surface area contributed by atoms with Gasteiger partial charge in [-0.05, 0) is 42.0 Å². The molecule has 9 heteroatoms. The molecule has 3 N–H and O–H groups in total. The Hall–Kier alpha value is -3.10. The van der Waals surface area contributed by atoms with Crippen molar-refractivity contribution in [3.05, 3.63) is 48.0 Å². The number of benzene rings is 2. The van der Waals surface area contributed by atoms with Gasteiger partial charge >= 0.3 is 6.36 Å². The zero-order valence-corrected chi connectivity index (χ0v) is 14.1. The Morgan fingerprint density at radius 3 is 2.27 bits per heavy atom. The molecular formula is C17H18F3N3O3. The van der Waals surface area contributed by atoms with Crippen LogP contribution in [0.3, 0.4) is 0 Å². The molecule has 2 aromatic carbocycles. The number of nitrogens with one attached hydrogen (secondary N) is 1. The molecule has 26 heavy (non-hydrogen) atoms. The lowest BCUT2D eigenvalue weighted by Crippen LogP contribution is -2.22. The molecule has 0 aliphatic heterocycles. The summed E-state index contributed by atoms with van der Waals surface area (Å²) in [6.07, 6.45) is -4.73. The highest BCUT2D eigenvalue weighted by Crippen LogP contribution is 2.28. The van der Waals surface area contributed by atoms with Gasteiger partial charge in [0.05, 0.1) is 20.8 Å². The molecule has 0 unspecified atom stereocenters. The van der Waals surface area contributed by atoms with Gasteiger partial charge in [0.15, 0.2) is 17.5 Å². The first-order valence-corrected chi connectivity index (χ1v) is 7.44. The first-order chi connectivity index (χ1) is 12.3. The monoisotopic (exact) mass is 369 g/mol. The van der Waals surface area contributed by atoms with E-state index < -0.39 is 6.36 Å². The van der Waals surface area contributed by atoms with Crippen molar-refractivity contribution in [3.8, 4) is 17.2 Å². The second kappa shape index (κ2) is 8.32. The fraction of sp³-hybridized carbons (Fsp3) is 0.235. The Morgan fingerprint density at radius 1 is 1.04 bits per heavy atom. The normalized spacial score (nSPS) is 11.8. The van der Waals surface area contributed by atoms with Crippen LogP contribution >= 0.6 is 0 Å². The van der Waals surface area contributed by atoms with E-state index in [9.17, 15) is 13.2 Å². The molecule has 0 heterocycles. The van der Waals surface area contributed by atoms with Crippen LogP contribution in [-0.4, -0.2) is 26.5 Å². The van der Waals surface area contributed by atoms with Crippen molar-refractivity contribution in [2.75, 3.05) is 19.5 Å². The zero-order chi connectivity index (χ0) is 19.2. The maximum atomic E-state index is 12.1. The molecule has 6 nitrogen and oxygen atoms in total. The molecule has 0 saturated heterocycles. The number of alkyl halides is 3. The predicted molar refractivity (Wildman–Crippen MR) is 91.6 cm³/mol. The number of nitrogens with two attached hydrogens (primary N) is 1. The maximum Gasteiger partial charge on any atom is 0.573 e. The summed E-state index contributed by atoms with van der Waals surface area (Å²) < 4.78 is 50.5. The molecule has 0 aliphatic rings. The third kappa shape index (κ3) is 5.76. The standard InChI is InChI=1S/C17H18F3N3O3/c1-24-14-8-3-11(9-15(14)25-2)10-22-16(21)23-12-4-6-13(7-5-12)26-17(18,19)20/h3-9H,10H2,1-2H3,(H3,21,22,23). The van der Waals surface area contributed by atoms with Crippen LogP contribution in [0.25, 0.3) is 0 Å². The molecule has 0 aliphatic carbocycles. The summed E-state index contributed by atoms with van der Waals surface area (Å²) in [6, 6.07) is 10.5. The summed E-state index contributed by atoms with van der Waals surface area (Å²) in [4.78, 5) is 4.18. The van der Waals surface area contributed by atoms with Gasteiger partial charge in [-0.1, -0.05) is 6.07 Å². The maximum absolute atomic E-state index is 12.1. The molecule has 0 amide bonds. The van der Waals surface area contributed by atoms with Crippen molar-refractivity contribution in [3.63, 3.8) is 0 Å². The fourth-order valence-corrected chi connectivity index (χ4v) is 2.08. The summed E-state index contributed by atoms with van der Waals surface area (Å²) in [5.74, 6) is 0.979. The smallest absolute Gasteiger partial charge is 0.493 e. The number of anilines is 1. The number of hydrogen-bond acceptors (Lipinski definition) is 4. The average molecular weight is 369 g/mol. The lowest BCUT2D eigenvalue weighted by molar-refractivity contribution is -0.274. The summed E-state index contributed by atoms with van der Waals surface area (Å²) in [6.45, 7) is 0.286. The molecule has 2 rings (SSSR count). The summed E-state index contributed by atoms with van der Waals surface area (Å²) in [7, 11) is 3.08. The van der Waals surface area contributed by atoms with Crippen molar-refractivity contribution in [2.45, 2.75) is 12.9 Å². The third-order valence-corrected chi connectivity index (χ3v) is 3.24. The largest absolute Gasteiger partial charge is 0.573 e. The zero-order valence-electron chi connectivity index (χ0n) is 14.1. The Labute approximate surface area is 148 Å². The number of methoxy groups -OCH3 is 2. The van der Waals surface area contributed by atoms with Crippen molar-refractivity contribution >= 4 is 11.6 Å². The second-order valence-electron chi connectivity index (χ2n) is 5.09. The Kier molecular flexibility index (Phi) is 6.16. The molecule has 0 bridgehead atoms. The van der Waals surface area contributed by atoms with E-state index in [1.165, 1.54) is 31.4 Å². The van der Waals surface area contributed by atoms with Crippen LogP contribution < -0.4 is 25.3 Å². The SMILES string of the molecule is COc1ccc(CN=C(N)Nc2ccc(OC(F)(F)F)cc2)cc1OC. The van der Waals surface area contributed by atoms with Crippen LogP contribution in [0.4, 0.5) is 18.9 Å². The lowest BCUT2D eigenvalue weighted by atomic mass is 10.2. The molecule has 140 valence electrons. The first kappa shape index (κ1) is 19.2. The Bertz CT molecular complexity index is 762. The molecule has 0 atom stereocenters. The van der Waals surface area contributed by atoms with Gasteiger partial charge in [0.25, 0.3) is 0 Å². The highest BCUT2D eigenvalue weighted by Gasteiger charge is 2.30. The quantitative estimate of drug-likeness (QED) is 0.602. The number of ether oxygens (including phenoxy) is 3. The molecule has 0 saturated carbocycles. The lowest BCUT2D eigenvalue weighted by Gasteiger charge is -2.10. The Morgan fingerprint density at radius 2 is 1.69 bits per heavy atom. The molecule has 0 radical (unpaired) electrons. The third-order valence-electron chi connectivity index (χ3n) is 3.24. The topological polar surface area (TPSA) is 78.1 Å². The van der Waals surface area contributed by atoms with Crippen LogP contribution in [0, 0.1) is 0 Å². The Balaban J connectivity index is 1.98. The number of aliphatic imine (C=N–C) groups is 1. The van der Waals surface area contributed by atoms with Gasteiger partial charge in [0, 0.05) is 5.69 Å². The summed E-state index contributed by atoms with van der Waals surface area (Å²) in [5.41, 5.74) is 7.12. The van der Waals surface area contributed by atoms with E-state index in [0.717, 1.165) is 5.56 Å². The van der Waals surface area contributed by atoms with Crippen LogP contribution in [0.1, 0.15) is 5.56 Å². The second-order valence-corrected chi connectivity index (χ2v) is 5.09. The first-order valence-electron chi connectivity index (χ1n) is 7.44. The van der Waals surface area contributed by atoms with E-state index in [-0.39, 0.29) is 18.3 Å². The molecule has 0 spiro atoms. The number of hydrogen-bond donors (Lipinski definition) is 2. The van der Waals surface area contributed by atoms with E-state index in [2.05, 4.69) is 15.0 Å². The van der Waals surface area contributed by atoms with Gasteiger partial charge in [0.1, 0.15) is 5.75 Å². The predicted octanol–water partition coefficient (Wildman–Crippen LogP) is 3.53. The van der Waals surface area contributed by atoms with Gasteiger partial charge in [-0.3, -0.25) is 0 Å². The van der Waals surface area contributed by atoms with Gasteiger partial charge in [-0.25, -0.2) is 4.99 Å². The molecule has 0 fully saturated rings. The van der Waals surface area contributed by atoms with Gasteiger partial charge in [-0.2, -0.15) is 0 Å². The van der Waals surface area contributed by atoms with Crippen molar-refractivity contribution in [1.82, 2.24) is 0 Å². The number of halogens is 3. The number of rotatable bonds is 6. The average Bonchev–Trinajstić information content (AvgIpc) is 2.60. The molecule has 0 aromatic heterocycles. The minimum Gasteiger partial charge on any atom is -0.493 e. The van der Waals surface area contributed by atoms with Crippen LogP contribution in [-0.2, 0) is 6.54 Å². The highest BCUT2D eigenvalue weighted by molar-refractivity contribution is 5.92. The van der Waals surface area contributed by atoms with Crippen molar-refractivity contribution in [1.29, 1.82) is 0 Å². The van der Waals surface area contributed by atoms with Gasteiger partial charge in [0.2, 0.25) is 0 Å². The number of nitrogens with zero attached hydrogens (tertiary/aromatic N) is 1. The van der Waals surface area contributed by atoms with Crippen LogP contribution in [0.2, 0.25) is 0 Å². The van der Waals surface area contributed by atoms with Crippen LogP contribution in [0.5, 0.6) is 17.2 Å². The van der Waals surface area contributed by atoms with E-state index in [4.69, 9.17) is 15.2 Å². The van der Waals surface area contributed by atoms with Crippen LogP contribution in [0.15, 0.2) is 47.5 Å². The number of guanidine groups is 1. The fourth-order valence-electron chi connectivity index (χ4n) is 2.08. The summed E-state index contributed by atoms with van der Waals surface area (Å²) >= 11 is 0. The van der Waals surface area contributed by atoms with E-state index in [1.54, 1.807) is 19.2 Å². The van der Waals surface area contributed by atoms with E-state index in [0.29, 0.717) is 17.2 Å². The van der Waals surface area contributed by atoms with Gasteiger partial charge < -0.3 is 25.3 Å². The van der Waals surface area contributed by atoms with Crippen molar-refractivity contribution in [2.24, 2.45) is 10.7 Å². The highest BCUT2D eigenvalue weighted by atomic mass is 19.4. The minimum absolute atomic E-state index is 0.115. The minimum atomic E-state index is -4.73. The summed E-state index contributed by atoms with van der Waals surface area (Å²) in [5, 5.41) is 2.79. The van der Waals surface area contributed by atoms with E-state index >= 15 is 0 Å². The molecular weight excluding hydrogens is 351 g/mol. The molecule has 2 aromatic rings.